The lowest BCUT2D eigenvalue weighted by molar-refractivity contribution is 0.305. The maximum atomic E-state index is 10.2. The zero-order valence-electron chi connectivity index (χ0n) is 17.0. The minimum Gasteiger partial charge on any atom is -0.497 e. The van der Waals surface area contributed by atoms with Gasteiger partial charge in [0, 0.05) is 46.6 Å². The van der Waals surface area contributed by atoms with E-state index in [-0.39, 0.29) is 6.61 Å². The van der Waals surface area contributed by atoms with Gasteiger partial charge in [0.25, 0.3) is 0 Å². The van der Waals surface area contributed by atoms with E-state index in [0.29, 0.717) is 5.92 Å². The Morgan fingerprint density at radius 3 is 2.61 bits per heavy atom. The highest BCUT2D eigenvalue weighted by Gasteiger charge is 2.26. The van der Waals surface area contributed by atoms with Crippen molar-refractivity contribution in [2.75, 3.05) is 20.3 Å². The number of allylic oxidation sites excluding steroid dienone is 1. The van der Waals surface area contributed by atoms with Gasteiger partial charge in [-0.1, -0.05) is 31.7 Å². The fourth-order valence-corrected chi connectivity index (χ4v) is 4.87. The van der Waals surface area contributed by atoms with Gasteiger partial charge >= 0.3 is 0 Å². The Morgan fingerprint density at radius 1 is 1.21 bits per heavy atom. The number of benzene rings is 1. The van der Waals surface area contributed by atoms with E-state index in [2.05, 4.69) is 42.8 Å². The van der Waals surface area contributed by atoms with Crippen molar-refractivity contribution in [1.29, 1.82) is 0 Å². The van der Waals surface area contributed by atoms with Crippen molar-refractivity contribution in [2.24, 2.45) is 5.92 Å². The molecule has 2 heterocycles. The number of aliphatic hydroxyl groups excluding tert-OH is 1. The van der Waals surface area contributed by atoms with E-state index in [1.54, 1.807) is 18.9 Å². The first-order chi connectivity index (χ1) is 13.5. The molecule has 0 fully saturated rings. The molecule has 2 aromatic rings. The van der Waals surface area contributed by atoms with Crippen LogP contribution < -0.4 is 4.74 Å². The second-order valence-electron chi connectivity index (χ2n) is 7.21. The molecule has 5 heteroatoms. The minimum absolute atomic E-state index is 0.0500. The Labute approximate surface area is 171 Å². The van der Waals surface area contributed by atoms with Gasteiger partial charge in [0.2, 0.25) is 0 Å². The van der Waals surface area contributed by atoms with E-state index in [1.807, 2.05) is 36.7 Å². The highest BCUT2D eigenvalue weighted by Crippen LogP contribution is 2.41. The number of hydrogen-bond acceptors (Lipinski definition) is 5. The molecule has 0 radical (unpaired) electrons. The summed E-state index contributed by atoms with van der Waals surface area (Å²) in [6, 6.07) is 12.2. The smallest absolute Gasteiger partial charge is 0.119 e. The Balaban J connectivity index is 1.96. The molecule has 28 heavy (non-hydrogen) atoms. The summed E-state index contributed by atoms with van der Waals surface area (Å²) in [4.78, 5) is 8.89. The van der Waals surface area contributed by atoms with Gasteiger partial charge in [0.05, 0.1) is 13.7 Å². The summed E-state index contributed by atoms with van der Waals surface area (Å²) in [6.07, 6.45) is 3.65. The molecule has 0 unspecified atom stereocenters. The van der Waals surface area contributed by atoms with Crippen LogP contribution in [0.25, 0.3) is 0 Å². The van der Waals surface area contributed by atoms with Gasteiger partial charge in [-0.25, -0.2) is 0 Å². The van der Waals surface area contributed by atoms with E-state index in [0.717, 1.165) is 35.0 Å². The van der Waals surface area contributed by atoms with Gasteiger partial charge in [-0.15, -0.1) is 0 Å². The van der Waals surface area contributed by atoms with Crippen molar-refractivity contribution in [3.05, 3.63) is 76.1 Å². The number of aromatic nitrogens is 1. The molecule has 0 saturated heterocycles. The minimum atomic E-state index is 0.0500. The molecular formula is C23H28N2O2S. The summed E-state index contributed by atoms with van der Waals surface area (Å²) in [5, 5.41) is 10.2. The number of pyridine rings is 1. The molecule has 1 aromatic heterocycles. The normalized spacial score (nSPS) is 14.9. The second-order valence-corrected chi connectivity index (χ2v) is 8.37. The van der Waals surface area contributed by atoms with Gasteiger partial charge in [-0.05, 0) is 54.3 Å². The van der Waals surface area contributed by atoms with E-state index in [4.69, 9.17) is 4.74 Å². The van der Waals surface area contributed by atoms with Crippen molar-refractivity contribution >= 4 is 11.8 Å². The predicted molar refractivity (Wildman–Crippen MR) is 115 cm³/mol. The quantitative estimate of drug-likeness (QED) is 0.723. The van der Waals surface area contributed by atoms with Gasteiger partial charge in [-0.2, -0.15) is 0 Å². The first-order valence-corrected chi connectivity index (χ1v) is 10.3. The summed E-state index contributed by atoms with van der Waals surface area (Å²) in [7, 11) is 1.69. The zero-order chi connectivity index (χ0) is 20.1. The van der Waals surface area contributed by atoms with Crippen molar-refractivity contribution < 1.29 is 9.84 Å². The number of methoxy groups -OCH3 is 1. The number of thioether (sulfide) groups is 1. The van der Waals surface area contributed by atoms with Crippen LogP contribution in [0.2, 0.25) is 0 Å². The third kappa shape index (κ3) is 4.59. The van der Waals surface area contributed by atoms with Crippen LogP contribution in [0.15, 0.2) is 75.4 Å². The van der Waals surface area contributed by atoms with Gasteiger partial charge in [0.1, 0.15) is 5.75 Å². The lowest BCUT2D eigenvalue weighted by atomic mass is 9.91. The lowest BCUT2D eigenvalue weighted by Gasteiger charge is -2.36. The van der Waals surface area contributed by atoms with Crippen LogP contribution in [0.5, 0.6) is 5.75 Å². The zero-order valence-corrected chi connectivity index (χ0v) is 17.8. The maximum absolute atomic E-state index is 10.2. The number of nitrogens with zero attached hydrogens (tertiary/aromatic N) is 2. The first-order valence-electron chi connectivity index (χ1n) is 9.53. The van der Waals surface area contributed by atoms with Crippen molar-refractivity contribution in [3.8, 4) is 5.75 Å². The average molecular weight is 397 g/mol. The molecule has 1 aliphatic heterocycles. The molecule has 3 rings (SSSR count). The van der Waals surface area contributed by atoms with Crippen molar-refractivity contribution in [3.63, 3.8) is 0 Å². The Kier molecular flexibility index (Phi) is 6.81. The van der Waals surface area contributed by atoms with E-state index in [9.17, 15) is 5.11 Å². The van der Waals surface area contributed by atoms with E-state index >= 15 is 0 Å². The van der Waals surface area contributed by atoms with Crippen LogP contribution in [0, 0.1) is 5.92 Å². The highest BCUT2D eigenvalue weighted by atomic mass is 32.2. The largest absolute Gasteiger partial charge is 0.497 e. The summed E-state index contributed by atoms with van der Waals surface area (Å²) in [6.45, 7) is 8.18. The molecule has 0 bridgehead atoms. The third-order valence-corrected chi connectivity index (χ3v) is 6.10. The van der Waals surface area contributed by atoms with Crippen LogP contribution >= 0.6 is 11.8 Å². The van der Waals surface area contributed by atoms with Crippen molar-refractivity contribution in [2.45, 2.75) is 32.2 Å². The number of ether oxygens (including phenoxy) is 1. The van der Waals surface area contributed by atoms with Crippen LogP contribution in [0.1, 0.15) is 26.3 Å². The van der Waals surface area contributed by atoms with E-state index < -0.39 is 0 Å². The summed E-state index contributed by atoms with van der Waals surface area (Å²) in [5.41, 5.74) is 4.67. The number of rotatable bonds is 7. The highest BCUT2D eigenvalue weighted by molar-refractivity contribution is 8.03. The molecule has 1 N–H and O–H groups in total. The molecule has 4 nitrogen and oxygen atoms in total. The standard InChI is InChI=1S/C23H28N2O2S/c1-16(2)23-21(15-26)17(3)25(13-18-8-10-24-11-9-18)14-22(23)28-20-7-5-6-19(12-20)27-4/h5-12,16,26H,13-15H2,1-4H3. The van der Waals surface area contributed by atoms with Crippen LogP contribution in [-0.4, -0.2) is 35.3 Å². The fourth-order valence-electron chi connectivity index (χ4n) is 3.58. The fraction of sp³-hybridized carbons (Fsp3) is 0.348. The molecule has 1 aliphatic rings. The summed E-state index contributed by atoms with van der Waals surface area (Å²) >= 11 is 1.77. The first kappa shape index (κ1) is 20.5. The Morgan fingerprint density at radius 2 is 1.96 bits per heavy atom. The SMILES string of the molecule is COc1cccc(SC2=C(C(C)C)C(CO)=C(C)N(Cc3ccncc3)C2)c1. The van der Waals surface area contributed by atoms with Crippen LogP contribution in [0.4, 0.5) is 0 Å². The number of hydrogen-bond donors (Lipinski definition) is 1. The molecule has 0 spiro atoms. The van der Waals surface area contributed by atoms with Crippen LogP contribution in [-0.2, 0) is 6.54 Å². The molecule has 0 saturated carbocycles. The molecule has 0 amide bonds. The summed E-state index contributed by atoms with van der Waals surface area (Å²) in [5.74, 6) is 1.20. The topological polar surface area (TPSA) is 45.6 Å². The Bertz CT molecular complexity index is 875. The van der Waals surface area contributed by atoms with Crippen LogP contribution in [0.3, 0.4) is 0 Å². The summed E-state index contributed by atoms with van der Waals surface area (Å²) < 4.78 is 5.38. The molecule has 0 atom stereocenters. The second kappa shape index (κ2) is 9.30. The van der Waals surface area contributed by atoms with Gasteiger partial charge in [-0.3, -0.25) is 4.98 Å². The number of aliphatic hydroxyl groups is 1. The molecule has 148 valence electrons. The third-order valence-electron chi connectivity index (χ3n) is 5.01. The van der Waals surface area contributed by atoms with Crippen molar-refractivity contribution in [1.82, 2.24) is 9.88 Å². The monoisotopic (exact) mass is 396 g/mol. The molecular weight excluding hydrogens is 368 g/mol. The molecule has 0 aliphatic carbocycles. The van der Waals surface area contributed by atoms with E-state index in [1.165, 1.54) is 16.0 Å². The van der Waals surface area contributed by atoms with Gasteiger partial charge in [0.15, 0.2) is 0 Å². The average Bonchev–Trinajstić information content (AvgIpc) is 2.70. The lowest BCUT2D eigenvalue weighted by Crippen LogP contribution is -2.30. The van der Waals surface area contributed by atoms with Gasteiger partial charge < -0.3 is 14.7 Å². The predicted octanol–water partition coefficient (Wildman–Crippen LogP) is 4.87. The molecule has 1 aromatic carbocycles. The maximum Gasteiger partial charge on any atom is 0.119 e. The Hall–Kier alpha value is -2.24.